The molecule has 0 spiro atoms. The Bertz CT molecular complexity index is 393. The Labute approximate surface area is 106 Å². The van der Waals surface area contributed by atoms with Gasteiger partial charge in [-0.05, 0) is 31.2 Å². The first-order chi connectivity index (χ1) is 8.16. The Hall–Kier alpha value is -1.26. The molecule has 92 valence electrons. The molecule has 0 aliphatic carbocycles. The summed E-state index contributed by atoms with van der Waals surface area (Å²) in [6, 6.07) is 7.29. The largest absolute Gasteiger partial charge is 0.322 e. The molecule has 0 saturated carbocycles. The second-order valence-electron chi connectivity index (χ2n) is 4.18. The van der Waals surface area contributed by atoms with Gasteiger partial charge in [0.1, 0.15) is 0 Å². The van der Waals surface area contributed by atoms with Gasteiger partial charge in [0.05, 0.1) is 0 Å². The van der Waals surface area contributed by atoms with Crippen molar-refractivity contribution in [2.75, 3.05) is 25.0 Å². The fourth-order valence-corrected chi connectivity index (χ4v) is 2.00. The Morgan fingerprint density at radius 3 is 2.82 bits per heavy atom. The molecule has 1 saturated heterocycles. The molecular weight excluding hydrogens is 238 g/mol. The van der Waals surface area contributed by atoms with Gasteiger partial charge in [0.2, 0.25) is 0 Å². The van der Waals surface area contributed by atoms with Crippen LogP contribution >= 0.6 is 11.6 Å². The highest BCUT2D eigenvalue weighted by atomic mass is 35.5. The fourth-order valence-electron chi connectivity index (χ4n) is 1.87. The zero-order valence-electron chi connectivity index (χ0n) is 9.74. The van der Waals surface area contributed by atoms with Crippen molar-refractivity contribution in [3.63, 3.8) is 0 Å². The fraction of sp³-hybridized carbons (Fsp3) is 0.417. The number of halogens is 1. The average Bonchev–Trinajstić information content (AvgIpc) is 2.32. The van der Waals surface area contributed by atoms with Crippen molar-refractivity contribution in [1.82, 2.24) is 10.2 Å². The zero-order chi connectivity index (χ0) is 12.3. The van der Waals surface area contributed by atoms with Crippen LogP contribution in [-0.2, 0) is 0 Å². The number of benzene rings is 1. The summed E-state index contributed by atoms with van der Waals surface area (Å²) in [7, 11) is 0. The topological polar surface area (TPSA) is 44.4 Å². The molecule has 0 unspecified atom stereocenters. The highest BCUT2D eigenvalue weighted by Gasteiger charge is 2.22. The van der Waals surface area contributed by atoms with Gasteiger partial charge in [0.15, 0.2) is 0 Å². The van der Waals surface area contributed by atoms with Crippen molar-refractivity contribution < 1.29 is 4.79 Å². The van der Waals surface area contributed by atoms with E-state index in [0.29, 0.717) is 5.02 Å². The molecule has 1 fully saturated rings. The molecule has 4 nitrogen and oxygen atoms in total. The summed E-state index contributed by atoms with van der Waals surface area (Å²) in [6.45, 7) is 4.46. The van der Waals surface area contributed by atoms with E-state index >= 15 is 0 Å². The summed E-state index contributed by atoms with van der Waals surface area (Å²) >= 11 is 5.79. The van der Waals surface area contributed by atoms with Crippen LogP contribution in [0.15, 0.2) is 24.3 Å². The third-order valence-corrected chi connectivity index (χ3v) is 3.11. The molecule has 17 heavy (non-hydrogen) atoms. The number of anilines is 1. The van der Waals surface area contributed by atoms with Crippen molar-refractivity contribution in [1.29, 1.82) is 0 Å². The normalized spacial score (nSPS) is 20.1. The van der Waals surface area contributed by atoms with E-state index in [4.69, 9.17) is 11.6 Å². The molecule has 1 aliphatic rings. The highest BCUT2D eigenvalue weighted by molar-refractivity contribution is 6.30. The molecule has 5 heteroatoms. The minimum atomic E-state index is -0.0543. The van der Waals surface area contributed by atoms with Gasteiger partial charge >= 0.3 is 6.03 Å². The van der Waals surface area contributed by atoms with E-state index in [2.05, 4.69) is 10.6 Å². The standard InChI is InChI=1S/C12H16ClN3O/c1-9-8-14-6-7-16(9)12(17)15-11-4-2-10(13)3-5-11/h2-5,9,14H,6-8H2,1H3,(H,15,17)/t9-/m1/s1. The number of rotatable bonds is 1. The van der Waals surface area contributed by atoms with Crippen LogP contribution in [0.2, 0.25) is 5.02 Å². The van der Waals surface area contributed by atoms with E-state index in [0.717, 1.165) is 25.3 Å². The van der Waals surface area contributed by atoms with Crippen LogP contribution in [0.25, 0.3) is 0 Å². The molecule has 2 amide bonds. The van der Waals surface area contributed by atoms with Crippen molar-refractivity contribution in [2.45, 2.75) is 13.0 Å². The van der Waals surface area contributed by atoms with Gasteiger partial charge in [0, 0.05) is 36.4 Å². The maximum atomic E-state index is 12.0. The van der Waals surface area contributed by atoms with Gasteiger partial charge in [-0.3, -0.25) is 0 Å². The van der Waals surface area contributed by atoms with Crippen molar-refractivity contribution >= 4 is 23.3 Å². The second kappa shape index (κ2) is 5.38. The maximum Gasteiger partial charge on any atom is 0.322 e. The minimum absolute atomic E-state index is 0.0543. The average molecular weight is 254 g/mol. The predicted molar refractivity (Wildman–Crippen MR) is 69.5 cm³/mol. The summed E-state index contributed by atoms with van der Waals surface area (Å²) in [5.41, 5.74) is 0.769. The Morgan fingerprint density at radius 1 is 1.47 bits per heavy atom. The lowest BCUT2D eigenvalue weighted by atomic mass is 10.2. The van der Waals surface area contributed by atoms with Gasteiger partial charge in [-0.25, -0.2) is 4.79 Å². The predicted octanol–water partition coefficient (Wildman–Crippen LogP) is 2.17. The first kappa shape index (κ1) is 12.2. The van der Waals surface area contributed by atoms with Crippen LogP contribution in [0.1, 0.15) is 6.92 Å². The maximum absolute atomic E-state index is 12.0. The number of carbonyl (C=O) groups is 1. The monoisotopic (exact) mass is 253 g/mol. The third kappa shape index (κ3) is 3.11. The van der Waals surface area contributed by atoms with Gasteiger partial charge in [-0.2, -0.15) is 0 Å². The van der Waals surface area contributed by atoms with Crippen molar-refractivity contribution in [2.24, 2.45) is 0 Å². The molecule has 2 rings (SSSR count). The number of hydrogen-bond acceptors (Lipinski definition) is 2. The van der Waals surface area contributed by atoms with E-state index in [1.165, 1.54) is 0 Å². The third-order valence-electron chi connectivity index (χ3n) is 2.86. The lowest BCUT2D eigenvalue weighted by Crippen LogP contribution is -2.53. The van der Waals surface area contributed by atoms with E-state index in [9.17, 15) is 4.79 Å². The molecule has 1 aliphatic heterocycles. The highest BCUT2D eigenvalue weighted by Crippen LogP contribution is 2.14. The quantitative estimate of drug-likeness (QED) is 0.806. The van der Waals surface area contributed by atoms with Gasteiger partial charge in [-0.15, -0.1) is 0 Å². The van der Waals surface area contributed by atoms with Crippen LogP contribution in [0.4, 0.5) is 10.5 Å². The number of nitrogens with zero attached hydrogens (tertiary/aromatic N) is 1. The lowest BCUT2D eigenvalue weighted by Gasteiger charge is -2.33. The molecule has 0 radical (unpaired) electrons. The minimum Gasteiger partial charge on any atom is -0.319 e. The summed E-state index contributed by atoms with van der Waals surface area (Å²) in [6.07, 6.45) is 0. The molecule has 2 N–H and O–H groups in total. The SMILES string of the molecule is C[C@@H]1CNCCN1C(=O)Nc1ccc(Cl)cc1. The smallest absolute Gasteiger partial charge is 0.319 e. The van der Waals surface area contributed by atoms with E-state index in [1.54, 1.807) is 24.3 Å². The lowest BCUT2D eigenvalue weighted by molar-refractivity contribution is 0.177. The number of urea groups is 1. The van der Waals surface area contributed by atoms with Crippen molar-refractivity contribution in [3.8, 4) is 0 Å². The second-order valence-corrected chi connectivity index (χ2v) is 4.62. The van der Waals surface area contributed by atoms with Crippen LogP contribution in [0, 0.1) is 0 Å². The number of carbonyl (C=O) groups excluding carboxylic acids is 1. The van der Waals surface area contributed by atoms with Gasteiger partial charge in [-0.1, -0.05) is 11.6 Å². The van der Waals surface area contributed by atoms with E-state index < -0.39 is 0 Å². The van der Waals surface area contributed by atoms with E-state index in [1.807, 2.05) is 11.8 Å². The first-order valence-corrected chi connectivity index (χ1v) is 6.08. The Kier molecular flexibility index (Phi) is 3.86. The summed E-state index contributed by atoms with van der Waals surface area (Å²) in [4.78, 5) is 13.9. The molecular formula is C12H16ClN3O. The molecule has 0 bridgehead atoms. The van der Waals surface area contributed by atoms with Crippen LogP contribution in [-0.4, -0.2) is 36.6 Å². The Morgan fingerprint density at radius 2 is 2.18 bits per heavy atom. The molecule has 1 heterocycles. The van der Waals surface area contributed by atoms with E-state index in [-0.39, 0.29) is 12.1 Å². The molecule has 1 aromatic carbocycles. The molecule has 1 atom stereocenters. The first-order valence-electron chi connectivity index (χ1n) is 5.71. The molecule has 0 aromatic heterocycles. The Balaban J connectivity index is 1.98. The van der Waals surface area contributed by atoms with Crippen LogP contribution < -0.4 is 10.6 Å². The summed E-state index contributed by atoms with van der Waals surface area (Å²) in [5.74, 6) is 0. The number of piperazine rings is 1. The van der Waals surface area contributed by atoms with Gasteiger partial charge < -0.3 is 15.5 Å². The summed E-state index contributed by atoms with van der Waals surface area (Å²) in [5, 5.41) is 6.79. The number of amides is 2. The number of hydrogen-bond donors (Lipinski definition) is 2. The molecule has 1 aromatic rings. The van der Waals surface area contributed by atoms with Crippen LogP contribution in [0.5, 0.6) is 0 Å². The van der Waals surface area contributed by atoms with Gasteiger partial charge in [0.25, 0.3) is 0 Å². The van der Waals surface area contributed by atoms with Crippen LogP contribution in [0.3, 0.4) is 0 Å². The zero-order valence-corrected chi connectivity index (χ0v) is 10.5. The van der Waals surface area contributed by atoms with Crippen molar-refractivity contribution in [3.05, 3.63) is 29.3 Å². The number of nitrogens with one attached hydrogen (secondary N) is 2. The summed E-state index contributed by atoms with van der Waals surface area (Å²) < 4.78 is 0.